The van der Waals surface area contributed by atoms with Crippen LogP contribution in [0.2, 0.25) is 13.1 Å². The lowest BCUT2D eigenvalue weighted by atomic mass is 10.00. The molecule has 0 heterocycles. The first-order valence-corrected chi connectivity index (χ1v) is 15.5. The minimum Gasteiger partial charge on any atom is -0.497 e. The highest BCUT2D eigenvalue weighted by Gasteiger charge is 2.35. The molecule has 0 aromatic heterocycles. The van der Waals surface area contributed by atoms with Crippen LogP contribution >= 0.6 is 0 Å². The molecule has 0 saturated carbocycles. The van der Waals surface area contributed by atoms with E-state index in [-0.39, 0.29) is 0 Å². The maximum absolute atomic E-state index is 6.15. The van der Waals surface area contributed by atoms with Crippen molar-refractivity contribution in [3.63, 3.8) is 0 Å². The average molecular weight is 427 g/mol. The topological polar surface area (TPSA) is 9.23 Å². The van der Waals surface area contributed by atoms with Gasteiger partial charge in [0.2, 0.25) is 0 Å². The van der Waals surface area contributed by atoms with E-state index in [9.17, 15) is 0 Å². The lowest BCUT2D eigenvalue weighted by Crippen LogP contribution is -2.45. The molecular formula is C28H46OSi. The Morgan fingerprint density at radius 2 is 1.63 bits per heavy atom. The Bertz CT molecular complexity index is 741. The second-order valence-corrected chi connectivity index (χ2v) is 14.1. The zero-order valence-corrected chi connectivity index (χ0v) is 21.9. The van der Waals surface area contributed by atoms with Gasteiger partial charge in [-0.05, 0) is 66.3 Å². The van der Waals surface area contributed by atoms with Crippen molar-refractivity contribution >= 4 is 13.3 Å². The third kappa shape index (κ3) is 5.90. The van der Waals surface area contributed by atoms with Gasteiger partial charge in [-0.3, -0.25) is 0 Å². The summed E-state index contributed by atoms with van der Waals surface area (Å²) >= 11 is 0. The van der Waals surface area contributed by atoms with E-state index in [1.165, 1.54) is 73.4 Å². The average Bonchev–Trinajstić information content (AvgIpc) is 3.24. The van der Waals surface area contributed by atoms with Crippen LogP contribution in [-0.4, -0.2) is 15.2 Å². The fraction of sp³-hybridized carbons (Fsp3) is 0.643. The third-order valence-corrected chi connectivity index (χ3v) is 10.8. The van der Waals surface area contributed by atoms with Crippen molar-refractivity contribution in [2.75, 3.05) is 7.11 Å². The van der Waals surface area contributed by atoms with Crippen molar-refractivity contribution in [2.24, 2.45) is 5.92 Å². The summed E-state index contributed by atoms with van der Waals surface area (Å²) in [4.78, 5) is 0. The van der Waals surface area contributed by atoms with Gasteiger partial charge < -0.3 is 4.74 Å². The van der Waals surface area contributed by atoms with E-state index in [0.717, 1.165) is 12.8 Å². The maximum atomic E-state index is 6.15. The van der Waals surface area contributed by atoms with Crippen molar-refractivity contribution in [3.8, 4) is 5.75 Å². The van der Waals surface area contributed by atoms with Crippen LogP contribution in [0.1, 0.15) is 90.2 Å². The van der Waals surface area contributed by atoms with Gasteiger partial charge in [-0.15, -0.1) is 0 Å². The number of aryl methyl sites for hydroxylation is 2. The molecule has 1 aromatic carbocycles. The summed E-state index contributed by atoms with van der Waals surface area (Å²) in [6.45, 7) is 14.4. The predicted molar refractivity (Wildman–Crippen MR) is 137 cm³/mol. The molecule has 0 N–H and O–H groups in total. The van der Waals surface area contributed by atoms with Crippen LogP contribution < -0.4 is 9.92 Å². The number of methoxy groups -OCH3 is 1. The molecule has 30 heavy (non-hydrogen) atoms. The van der Waals surface area contributed by atoms with Crippen LogP contribution in [0.15, 0.2) is 35.1 Å². The van der Waals surface area contributed by atoms with Gasteiger partial charge in [0.15, 0.2) is 0 Å². The van der Waals surface area contributed by atoms with E-state index >= 15 is 0 Å². The Morgan fingerprint density at radius 1 is 0.967 bits per heavy atom. The van der Waals surface area contributed by atoms with E-state index in [4.69, 9.17) is 4.74 Å². The van der Waals surface area contributed by atoms with Gasteiger partial charge in [-0.2, -0.15) is 0 Å². The SMILES string of the molecule is CCCCCc1cc(CCCCC)c(OC)c([Si](C)(C)C2=C(C(C)CC)C=CC2)c1. The number of ether oxygens (including phenoxy) is 1. The highest BCUT2D eigenvalue weighted by Crippen LogP contribution is 2.36. The zero-order chi connectivity index (χ0) is 22.1. The molecule has 0 aliphatic heterocycles. The monoisotopic (exact) mass is 426 g/mol. The first-order valence-electron chi connectivity index (χ1n) is 12.5. The standard InChI is InChI=1S/C28H46OSi/c1-8-11-13-16-23-20-24(17-14-12-9-2)28(29-5)27(21-23)30(6,7)26-19-15-18-25(26)22(4)10-3/h15,18,20-22H,8-14,16-17,19H2,1-7H3. The Balaban J connectivity index is 2.54. The number of hydrogen-bond donors (Lipinski definition) is 0. The first kappa shape index (κ1) is 25.0. The number of benzene rings is 1. The van der Waals surface area contributed by atoms with Gasteiger partial charge in [0.05, 0.1) is 7.11 Å². The Hall–Kier alpha value is -1.28. The van der Waals surface area contributed by atoms with Gasteiger partial charge in [0.1, 0.15) is 13.8 Å². The van der Waals surface area contributed by atoms with Crippen LogP contribution in [0.5, 0.6) is 5.75 Å². The number of unbranched alkanes of at least 4 members (excludes halogenated alkanes) is 4. The van der Waals surface area contributed by atoms with E-state index in [2.05, 4.69) is 65.1 Å². The Morgan fingerprint density at radius 3 is 2.23 bits per heavy atom. The van der Waals surface area contributed by atoms with E-state index in [1.54, 1.807) is 10.8 Å². The number of allylic oxidation sites excluding steroid dienone is 4. The predicted octanol–water partition coefficient (Wildman–Crippen LogP) is 7.92. The summed E-state index contributed by atoms with van der Waals surface area (Å²) in [5, 5.41) is 3.25. The largest absolute Gasteiger partial charge is 0.497 e. The minimum absolute atomic E-state index is 0.647. The van der Waals surface area contributed by atoms with Crippen LogP contribution in [0.3, 0.4) is 0 Å². The maximum Gasteiger partial charge on any atom is 0.121 e. The first-order chi connectivity index (χ1) is 14.4. The van der Waals surface area contributed by atoms with Crippen molar-refractivity contribution in [3.05, 3.63) is 46.2 Å². The smallest absolute Gasteiger partial charge is 0.121 e. The molecule has 1 aliphatic carbocycles. The van der Waals surface area contributed by atoms with Gasteiger partial charge in [0.25, 0.3) is 0 Å². The lowest BCUT2D eigenvalue weighted by Gasteiger charge is -2.31. The molecular weight excluding hydrogens is 380 g/mol. The second-order valence-electron chi connectivity index (χ2n) is 9.72. The molecule has 0 amide bonds. The lowest BCUT2D eigenvalue weighted by molar-refractivity contribution is 0.411. The fourth-order valence-electron chi connectivity index (χ4n) is 4.92. The molecule has 1 aromatic rings. The van der Waals surface area contributed by atoms with Crippen LogP contribution in [0, 0.1) is 5.92 Å². The summed E-state index contributed by atoms with van der Waals surface area (Å²) < 4.78 is 6.15. The molecule has 0 saturated heterocycles. The molecule has 1 unspecified atom stereocenters. The molecule has 2 rings (SSSR count). The number of hydrogen-bond acceptors (Lipinski definition) is 1. The molecule has 1 atom stereocenters. The summed E-state index contributed by atoms with van der Waals surface area (Å²) in [6.07, 6.45) is 17.2. The summed E-state index contributed by atoms with van der Waals surface area (Å²) in [6, 6.07) is 5.00. The van der Waals surface area contributed by atoms with Crippen molar-refractivity contribution in [2.45, 2.75) is 105 Å². The van der Waals surface area contributed by atoms with Gasteiger partial charge in [-0.1, -0.05) is 96.0 Å². The normalized spacial score (nSPS) is 15.2. The second kappa shape index (κ2) is 11.9. The third-order valence-electron chi connectivity index (χ3n) is 7.09. The van der Waals surface area contributed by atoms with Gasteiger partial charge in [0, 0.05) is 0 Å². The highest BCUT2D eigenvalue weighted by molar-refractivity contribution is 6.96. The van der Waals surface area contributed by atoms with Crippen LogP contribution in [-0.2, 0) is 12.8 Å². The van der Waals surface area contributed by atoms with Crippen LogP contribution in [0.25, 0.3) is 0 Å². The molecule has 0 radical (unpaired) electrons. The summed E-state index contributed by atoms with van der Waals surface area (Å²) in [5.41, 5.74) is 4.59. The quantitative estimate of drug-likeness (QED) is 0.230. The Labute approximate surface area is 188 Å². The number of rotatable bonds is 13. The van der Waals surface area contributed by atoms with Gasteiger partial charge in [-0.25, -0.2) is 0 Å². The highest BCUT2D eigenvalue weighted by atomic mass is 28.3. The van der Waals surface area contributed by atoms with Gasteiger partial charge >= 0.3 is 0 Å². The molecule has 0 fully saturated rings. The van der Waals surface area contributed by atoms with Crippen molar-refractivity contribution in [1.82, 2.24) is 0 Å². The van der Waals surface area contributed by atoms with E-state index < -0.39 is 8.07 Å². The molecule has 1 aliphatic rings. The molecule has 1 nitrogen and oxygen atoms in total. The van der Waals surface area contributed by atoms with Crippen LogP contribution in [0.4, 0.5) is 0 Å². The fourth-order valence-corrected chi connectivity index (χ4v) is 8.30. The summed E-state index contributed by atoms with van der Waals surface area (Å²) in [7, 11) is 0.0694. The molecule has 168 valence electrons. The molecule has 0 spiro atoms. The molecule has 2 heteroatoms. The Kier molecular flexibility index (Phi) is 9.94. The summed E-state index contributed by atoms with van der Waals surface area (Å²) in [5.74, 6) is 1.85. The van der Waals surface area contributed by atoms with Crippen molar-refractivity contribution in [1.29, 1.82) is 0 Å². The molecule has 0 bridgehead atoms. The van der Waals surface area contributed by atoms with E-state index in [1.807, 2.05) is 7.11 Å². The minimum atomic E-state index is -1.82. The zero-order valence-electron chi connectivity index (χ0n) is 20.9. The van der Waals surface area contributed by atoms with Crippen molar-refractivity contribution < 1.29 is 4.74 Å². The van der Waals surface area contributed by atoms with E-state index in [0.29, 0.717) is 5.92 Å².